The number of nitrogens with one attached hydrogen (secondary N) is 1. The summed E-state index contributed by atoms with van der Waals surface area (Å²) in [5, 5.41) is 3.18. The van der Waals surface area contributed by atoms with Crippen LogP contribution in [0.2, 0.25) is 0 Å². The van der Waals surface area contributed by atoms with Gasteiger partial charge in [0.2, 0.25) is 0 Å². The van der Waals surface area contributed by atoms with E-state index in [-0.39, 0.29) is 29.1 Å². The molecule has 1 aliphatic heterocycles. The molecule has 3 rings (SSSR count). The molecular weight excluding hydrogens is 352 g/mol. The van der Waals surface area contributed by atoms with Crippen molar-refractivity contribution in [3.8, 4) is 0 Å². The minimum absolute atomic E-state index is 0.00894. The summed E-state index contributed by atoms with van der Waals surface area (Å²) in [4.78, 5) is 22.4. The highest BCUT2D eigenvalue weighted by atomic mass is 32.2. The third-order valence-corrected chi connectivity index (χ3v) is 6.34. The van der Waals surface area contributed by atoms with Gasteiger partial charge in [-0.1, -0.05) is 17.7 Å². The number of aromatic nitrogens is 2. The third kappa shape index (κ3) is 4.01. The molecule has 7 nitrogen and oxygen atoms in total. The van der Waals surface area contributed by atoms with Crippen LogP contribution in [0.5, 0.6) is 0 Å². The van der Waals surface area contributed by atoms with E-state index in [1.807, 2.05) is 26.0 Å². The number of hydrogen-bond acceptors (Lipinski definition) is 6. The van der Waals surface area contributed by atoms with Gasteiger partial charge in [0.25, 0.3) is 5.91 Å². The summed E-state index contributed by atoms with van der Waals surface area (Å²) in [7, 11) is -1.44. The summed E-state index contributed by atoms with van der Waals surface area (Å²) in [6, 6.07) is 5.74. The van der Waals surface area contributed by atoms with Crippen molar-refractivity contribution in [2.75, 3.05) is 23.9 Å². The van der Waals surface area contributed by atoms with Crippen LogP contribution in [0, 0.1) is 13.8 Å². The first kappa shape index (κ1) is 18.3. The number of benzene rings is 1. The van der Waals surface area contributed by atoms with Crippen LogP contribution in [-0.2, 0) is 9.84 Å². The summed E-state index contributed by atoms with van der Waals surface area (Å²) in [5.41, 5.74) is 3.39. The van der Waals surface area contributed by atoms with Crippen molar-refractivity contribution < 1.29 is 13.2 Å². The molecule has 8 heteroatoms. The van der Waals surface area contributed by atoms with Crippen molar-refractivity contribution in [1.82, 2.24) is 14.9 Å². The SMILES string of the molecule is Cc1ccc(Nc2cnc(C(=O)N(C)C3CCS(=O)(=O)C3)cn2)c(C)c1. The predicted molar refractivity (Wildman–Crippen MR) is 100 cm³/mol. The fraction of sp³-hybridized carbons (Fsp3) is 0.389. The Hall–Kier alpha value is -2.48. The molecule has 1 atom stereocenters. The fourth-order valence-electron chi connectivity index (χ4n) is 3.02. The lowest BCUT2D eigenvalue weighted by Crippen LogP contribution is -2.38. The van der Waals surface area contributed by atoms with Crippen LogP contribution in [0.25, 0.3) is 0 Å². The summed E-state index contributed by atoms with van der Waals surface area (Å²) in [6.45, 7) is 4.04. The van der Waals surface area contributed by atoms with Gasteiger partial charge in [-0.3, -0.25) is 4.79 Å². The normalized spacial score (nSPS) is 18.5. The maximum absolute atomic E-state index is 12.5. The minimum atomic E-state index is -3.04. The van der Waals surface area contributed by atoms with E-state index in [2.05, 4.69) is 21.4 Å². The highest BCUT2D eigenvalue weighted by Gasteiger charge is 2.33. The van der Waals surface area contributed by atoms with E-state index in [1.165, 1.54) is 22.9 Å². The van der Waals surface area contributed by atoms with Gasteiger partial charge in [-0.05, 0) is 31.9 Å². The summed E-state index contributed by atoms with van der Waals surface area (Å²) in [6.07, 6.45) is 3.38. The van der Waals surface area contributed by atoms with Crippen molar-refractivity contribution in [3.05, 3.63) is 47.4 Å². The van der Waals surface area contributed by atoms with Gasteiger partial charge in [0.15, 0.2) is 9.84 Å². The van der Waals surface area contributed by atoms with Crippen LogP contribution in [0.15, 0.2) is 30.6 Å². The number of sulfone groups is 1. The Labute approximate surface area is 153 Å². The standard InChI is InChI=1S/C18H22N4O3S/c1-12-4-5-15(13(2)8-12)21-17-10-19-16(9-20-17)18(23)22(3)14-6-7-26(24,25)11-14/h4-5,8-10,14H,6-7,11H2,1-3H3,(H,20,21). The quantitative estimate of drug-likeness (QED) is 0.881. The zero-order valence-corrected chi connectivity index (χ0v) is 15.9. The second kappa shape index (κ2) is 7.03. The lowest BCUT2D eigenvalue weighted by atomic mass is 10.1. The number of carbonyl (C=O) groups excluding carboxylic acids is 1. The Kier molecular flexibility index (Phi) is 4.95. The van der Waals surface area contributed by atoms with Crippen molar-refractivity contribution in [2.45, 2.75) is 26.3 Å². The predicted octanol–water partition coefficient (Wildman–Crippen LogP) is 2.10. The van der Waals surface area contributed by atoms with Crippen LogP contribution in [0.3, 0.4) is 0 Å². The molecule has 1 aromatic heterocycles. The molecule has 0 bridgehead atoms. The second-order valence-corrected chi connectivity index (χ2v) is 8.93. The molecule has 1 N–H and O–H groups in total. The van der Waals surface area contributed by atoms with Gasteiger partial charge in [0, 0.05) is 18.8 Å². The molecule has 2 aromatic rings. The second-order valence-electron chi connectivity index (χ2n) is 6.70. The topological polar surface area (TPSA) is 92.3 Å². The molecule has 0 radical (unpaired) electrons. The first-order valence-corrected chi connectivity index (χ1v) is 10.2. The van der Waals surface area contributed by atoms with Gasteiger partial charge in [-0.2, -0.15) is 0 Å². The molecule has 1 unspecified atom stereocenters. The van der Waals surface area contributed by atoms with E-state index in [9.17, 15) is 13.2 Å². The molecule has 0 aliphatic carbocycles. The number of amides is 1. The van der Waals surface area contributed by atoms with Gasteiger partial charge in [0.05, 0.1) is 23.9 Å². The highest BCUT2D eigenvalue weighted by molar-refractivity contribution is 7.91. The van der Waals surface area contributed by atoms with Crippen LogP contribution in [0.1, 0.15) is 28.0 Å². The molecular formula is C18H22N4O3S. The van der Waals surface area contributed by atoms with Gasteiger partial charge < -0.3 is 10.2 Å². The van der Waals surface area contributed by atoms with Crippen molar-refractivity contribution in [3.63, 3.8) is 0 Å². The maximum Gasteiger partial charge on any atom is 0.274 e. The number of hydrogen-bond donors (Lipinski definition) is 1. The first-order valence-electron chi connectivity index (χ1n) is 8.39. The van der Waals surface area contributed by atoms with E-state index >= 15 is 0 Å². The van der Waals surface area contributed by atoms with Gasteiger partial charge in [-0.25, -0.2) is 18.4 Å². The first-order chi connectivity index (χ1) is 12.2. The Morgan fingerprint density at radius 1 is 1.23 bits per heavy atom. The lowest BCUT2D eigenvalue weighted by molar-refractivity contribution is 0.0741. The number of carbonyl (C=O) groups is 1. The third-order valence-electron chi connectivity index (χ3n) is 4.59. The Balaban J connectivity index is 1.70. The zero-order valence-electron chi connectivity index (χ0n) is 15.1. The molecule has 1 aliphatic rings. The van der Waals surface area contributed by atoms with Gasteiger partial charge in [0.1, 0.15) is 11.5 Å². The van der Waals surface area contributed by atoms with Crippen LogP contribution in [0.4, 0.5) is 11.5 Å². The molecule has 1 saturated heterocycles. The molecule has 26 heavy (non-hydrogen) atoms. The molecule has 2 heterocycles. The molecule has 0 spiro atoms. The Morgan fingerprint density at radius 2 is 2.00 bits per heavy atom. The molecule has 1 amide bonds. The summed E-state index contributed by atoms with van der Waals surface area (Å²) >= 11 is 0. The number of rotatable bonds is 4. The fourth-order valence-corrected chi connectivity index (χ4v) is 4.80. The zero-order chi connectivity index (χ0) is 18.9. The van der Waals surface area contributed by atoms with E-state index in [4.69, 9.17) is 0 Å². The summed E-state index contributed by atoms with van der Waals surface area (Å²) in [5.74, 6) is 0.353. The maximum atomic E-state index is 12.5. The molecule has 1 fully saturated rings. The Bertz CT molecular complexity index is 926. The van der Waals surface area contributed by atoms with Gasteiger partial charge in [-0.15, -0.1) is 0 Å². The molecule has 0 saturated carbocycles. The number of aryl methyl sites for hydroxylation is 2. The summed E-state index contributed by atoms with van der Waals surface area (Å²) < 4.78 is 23.2. The van der Waals surface area contributed by atoms with Crippen molar-refractivity contribution in [1.29, 1.82) is 0 Å². The van der Waals surface area contributed by atoms with Gasteiger partial charge >= 0.3 is 0 Å². The van der Waals surface area contributed by atoms with E-state index in [0.29, 0.717) is 12.2 Å². The molecule has 138 valence electrons. The van der Waals surface area contributed by atoms with E-state index in [0.717, 1.165) is 11.3 Å². The van der Waals surface area contributed by atoms with Crippen LogP contribution < -0.4 is 5.32 Å². The van der Waals surface area contributed by atoms with Crippen LogP contribution >= 0.6 is 0 Å². The Morgan fingerprint density at radius 3 is 2.58 bits per heavy atom. The smallest absolute Gasteiger partial charge is 0.274 e. The van der Waals surface area contributed by atoms with E-state index in [1.54, 1.807) is 7.05 Å². The minimum Gasteiger partial charge on any atom is -0.339 e. The molecule has 1 aromatic carbocycles. The van der Waals surface area contributed by atoms with Crippen molar-refractivity contribution in [2.24, 2.45) is 0 Å². The average Bonchev–Trinajstić information content (AvgIpc) is 2.97. The largest absolute Gasteiger partial charge is 0.339 e. The van der Waals surface area contributed by atoms with E-state index < -0.39 is 9.84 Å². The monoisotopic (exact) mass is 374 g/mol. The average molecular weight is 374 g/mol. The highest BCUT2D eigenvalue weighted by Crippen LogP contribution is 2.21. The number of anilines is 2. The van der Waals surface area contributed by atoms with Crippen LogP contribution in [-0.4, -0.2) is 53.8 Å². The number of nitrogens with zero attached hydrogens (tertiary/aromatic N) is 3. The lowest BCUT2D eigenvalue weighted by Gasteiger charge is -2.22. The van der Waals surface area contributed by atoms with Crippen molar-refractivity contribution >= 4 is 27.2 Å².